The molecule has 2 N–H and O–H groups in total. The fourth-order valence-corrected chi connectivity index (χ4v) is 5.60. The lowest BCUT2D eigenvalue weighted by Crippen LogP contribution is -2.47. The Bertz CT molecular complexity index is 1320. The summed E-state index contributed by atoms with van der Waals surface area (Å²) in [5.74, 6) is 1.27. The van der Waals surface area contributed by atoms with Crippen LogP contribution in [0.25, 0.3) is 11.4 Å². The Morgan fingerprint density at radius 1 is 0.974 bits per heavy atom. The highest BCUT2D eigenvalue weighted by Gasteiger charge is 2.41. The number of hydrogen-bond donors (Lipinski definition) is 2. The minimum absolute atomic E-state index is 0.117. The predicted molar refractivity (Wildman–Crippen MR) is 139 cm³/mol. The van der Waals surface area contributed by atoms with E-state index in [1.54, 1.807) is 48.8 Å². The molecule has 0 radical (unpaired) electrons. The summed E-state index contributed by atoms with van der Waals surface area (Å²) in [6, 6.07) is 10.5. The second-order valence-corrected chi connectivity index (χ2v) is 10.1. The van der Waals surface area contributed by atoms with Crippen LogP contribution in [0.2, 0.25) is 0 Å². The topological polar surface area (TPSA) is 95.5 Å². The quantitative estimate of drug-likeness (QED) is 0.494. The van der Waals surface area contributed by atoms with Crippen molar-refractivity contribution >= 4 is 23.2 Å². The van der Waals surface area contributed by atoms with Gasteiger partial charge < -0.3 is 20.3 Å². The van der Waals surface area contributed by atoms with Gasteiger partial charge in [-0.2, -0.15) is 13.2 Å². The molecule has 3 aliphatic rings. The molecule has 9 nitrogen and oxygen atoms in total. The smallest absolute Gasteiger partial charge is 0.377 e. The van der Waals surface area contributed by atoms with Gasteiger partial charge in [-0.3, -0.25) is 9.88 Å². The lowest BCUT2D eigenvalue weighted by atomic mass is 10.0. The van der Waals surface area contributed by atoms with E-state index in [9.17, 15) is 18.0 Å². The number of pyridine rings is 1. The SMILES string of the molecule is O=C(Nc1ccncc1)Nc1ccc(-c2nc3c(c(N4C5CCC4COC5)n2)CCN(CC(F)(F)F)C3)cc1. The lowest BCUT2D eigenvalue weighted by Gasteiger charge is -2.39. The molecule has 2 amide bonds. The molecule has 2 bridgehead atoms. The van der Waals surface area contributed by atoms with Gasteiger partial charge in [0.15, 0.2) is 5.82 Å². The minimum atomic E-state index is -4.27. The van der Waals surface area contributed by atoms with Crippen LogP contribution >= 0.6 is 0 Å². The molecule has 204 valence electrons. The molecule has 39 heavy (non-hydrogen) atoms. The first-order valence-electron chi connectivity index (χ1n) is 13.0. The van der Waals surface area contributed by atoms with Crippen LogP contribution in [0, 0.1) is 0 Å². The van der Waals surface area contributed by atoms with E-state index in [-0.39, 0.29) is 18.6 Å². The Morgan fingerprint density at radius 3 is 2.31 bits per heavy atom. The summed E-state index contributed by atoms with van der Waals surface area (Å²) in [6.45, 7) is 0.695. The normalized spacial score (nSPS) is 20.9. The average Bonchev–Trinajstić information content (AvgIpc) is 3.15. The fourth-order valence-electron chi connectivity index (χ4n) is 5.60. The average molecular weight is 540 g/mol. The maximum absolute atomic E-state index is 13.2. The summed E-state index contributed by atoms with van der Waals surface area (Å²) in [4.78, 5) is 29.7. The van der Waals surface area contributed by atoms with Crippen molar-refractivity contribution in [2.75, 3.05) is 41.8 Å². The fraction of sp³-hybridized carbons (Fsp3) is 0.407. The number of aromatic nitrogens is 3. The number of nitrogens with one attached hydrogen (secondary N) is 2. The van der Waals surface area contributed by atoms with Crippen molar-refractivity contribution in [3.05, 3.63) is 60.0 Å². The highest BCUT2D eigenvalue weighted by molar-refractivity contribution is 5.99. The zero-order valence-corrected chi connectivity index (χ0v) is 21.1. The number of hydrogen-bond acceptors (Lipinski definition) is 7. The molecule has 0 saturated carbocycles. The van der Waals surface area contributed by atoms with E-state index >= 15 is 0 Å². The van der Waals surface area contributed by atoms with Gasteiger partial charge in [0.2, 0.25) is 0 Å². The Labute approximate surface area is 223 Å². The number of morpholine rings is 1. The molecule has 2 fully saturated rings. The number of carbonyl (C=O) groups is 1. The number of rotatable bonds is 5. The number of halogens is 3. The zero-order valence-electron chi connectivity index (χ0n) is 21.1. The molecule has 3 aromatic rings. The first-order chi connectivity index (χ1) is 18.8. The van der Waals surface area contributed by atoms with Crippen molar-refractivity contribution in [3.63, 3.8) is 0 Å². The van der Waals surface area contributed by atoms with Gasteiger partial charge in [-0.15, -0.1) is 0 Å². The number of fused-ring (bicyclic) bond motifs is 3. The molecule has 5 heterocycles. The van der Waals surface area contributed by atoms with Crippen molar-refractivity contribution in [1.29, 1.82) is 0 Å². The second-order valence-electron chi connectivity index (χ2n) is 10.1. The largest absolute Gasteiger partial charge is 0.401 e. The van der Waals surface area contributed by atoms with E-state index in [4.69, 9.17) is 14.7 Å². The van der Waals surface area contributed by atoms with E-state index in [1.165, 1.54) is 4.90 Å². The minimum Gasteiger partial charge on any atom is -0.377 e. The van der Waals surface area contributed by atoms with Crippen LogP contribution < -0.4 is 15.5 Å². The Morgan fingerprint density at radius 2 is 1.64 bits per heavy atom. The summed E-state index contributed by atoms with van der Waals surface area (Å²) in [6.07, 6.45) is 1.37. The summed E-state index contributed by atoms with van der Waals surface area (Å²) < 4.78 is 45.2. The Kier molecular flexibility index (Phi) is 6.81. The van der Waals surface area contributed by atoms with Crippen LogP contribution in [0.15, 0.2) is 48.8 Å². The molecular weight excluding hydrogens is 511 g/mol. The maximum Gasteiger partial charge on any atom is 0.401 e. The van der Waals surface area contributed by atoms with Crippen LogP contribution in [0.5, 0.6) is 0 Å². The molecule has 2 aromatic heterocycles. The number of amides is 2. The van der Waals surface area contributed by atoms with Crippen LogP contribution in [0.3, 0.4) is 0 Å². The van der Waals surface area contributed by atoms with Gasteiger partial charge in [-0.25, -0.2) is 14.8 Å². The molecule has 2 saturated heterocycles. The molecule has 2 atom stereocenters. The number of nitrogens with zero attached hydrogens (tertiary/aromatic N) is 5. The summed E-state index contributed by atoms with van der Waals surface area (Å²) >= 11 is 0. The number of carbonyl (C=O) groups excluding carboxylic acids is 1. The van der Waals surface area contributed by atoms with Gasteiger partial charge in [0.25, 0.3) is 0 Å². The molecule has 1 aromatic carbocycles. The van der Waals surface area contributed by atoms with Crippen molar-refractivity contribution in [3.8, 4) is 11.4 Å². The predicted octanol–water partition coefficient (Wildman–Crippen LogP) is 4.47. The highest BCUT2D eigenvalue weighted by atomic mass is 19.4. The van der Waals surface area contributed by atoms with Gasteiger partial charge in [0.1, 0.15) is 5.82 Å². The van der Waals surface area contributed by atoms with Crippen molar-refractivity contribution in [2.45, 2.75) is 44.1 Å². The molecule has 0 spiro atoms. The van der Waals surface area contributed by atoms with Crippen LogP contribution in [0.4, 0.5) is 35.2 Å². The zero-order chi connectivity index (χ0) is 27.0. The first kappa shape index (κ1) is 25.5. The highest BCUT2D eigenvalue weighted by Crippen LogP contribution is 2.38. The number of benzene rings is 1. The number of urea groups is 1. The summed E-state index contributed by atoms with van der Waals surface area (Å²) in [5, 5.41) is 5.52. The number of anilines is 3. The third-order valence-electron chi connectivity index (χ3n) is 7.35. The Balaban J connectivity index is 1.27. The van der Waals surface area contributed by atoms with E-state index in [0.717, 1.165) is 24.2 Å². The van der Waals surface area contributed by atoms with Gasteiger partial charge in [0.05, 0.1) is 37.5 Å². The van der Waals surface area contributed by atoms with Gasteiger partial charge in [0, 0.05) is 48.0 Å². The Hall–Kier alpha value is -3.77. The number of alkyl halides is 3. The second kappa shape index (κ2) is 10.4. The first-order valence-corrected chi connectivity index (χ1v) is 13.0. The third kappa shape index (κ3) is 5.66. The van der Waals surface area contributed by atoms with Crippen LogP contribution in [-0.4, -0.2) is 70.4 Å². The molecular formula is C27H28F3N7O2. The van der Waals surface area contributed by atoms with Crippen LogP contribution in [-0.2, 0) is 17.7 Å². The molecule has 2 unspecified atom stereocenters. The van der Waals surface area contributed by atoms with E-state index < -0.39 is 18.8 Å². The van der Waals surface area contributed by atoms with Crippen molar-refractivity contribution < 1.29 is 22.7 Å². The van der Waals surface area contributed by atoms with Crippen molar-refractivity contribution in [1.82, 2.24) is 19.9 Å². The lowest BCUT2D eigenvalue weighted by molar-refractivity contribution is -0.147. The standard InChI is InChI=1S/C27H28F3N7O2/c28-27(29,30)16-36-12-9-22-23(13-36)34-24(35-25(22)37-20-5-6-21(37)15-39-14-20)17-1-3-18(4-2-17)32-26(38)33-19-7-10-31-11-8-19/h1-4,7-8,10-11,20-21H,5-6,9,12-16H2,(H2,31,32,33,38). The molecule has 12 heteroatoms. The number of ether oxygens (including phenoxy) is 1. The van der Waals surface area contributed by atoms with Gasteiger partial charge >= 0.3 is 12.2 Å². The monoisotopic (exact) mass is 539 g/mol. The van der Waals surface area contributed by atoms with E-state index in [1.807, 2.05) is 0 Å². The molecule has 3 aliphatic heterocycles. The summed E-state index contributed by atoms with van der Waals surface area (Å²) in [7, 11) is 0. The van der Waals surface area contributed by atoms with Gasteiger partial charge in [-0.1, -0.05) is 0 Å². The van der Waals surface area contributed by atoms with Crippen molar-refractivity contribution in [2.24, 2.45) is 0 Å². The van der Waals surface area contributed by atoms with E-state index in [2.05, 4.69) is 20.5 Å². The maximum atomic E-state index is 13.2. The molecule has 6 rings (SSSR count). The third-order valence-corrected chi connectivity index (χ3v) is 7.35. The molecule has 0 aliphatic carbocycles. The van der Waals surface area contributed by atoms with Crippen LogP contribution in [0.1, 0.15) is 24.1 Å². The summed E-state index contributed by atoms with van der Waals surface area (Å²) in [5.41, 5.74) is 3.47. The van der Waals surface area contributed by atoms with Gasteiger partial charge in [-0.05, 0) is 55.7 Å². The van der Waals surface area contributed by atoms with E-state index in [0.29, 0.717) is 54.6 Å².